The highest BCUT2D eigenvalue weighted by atomic mass is 19.1. The van der Waals surface area contributed by atoms with Gasteiger partial charge in [-0.2, -0.15) is 0 Å². The third kappa shape index (κ3) is 2.72. The molecule has 3 heteroatoms. The number of rotatable bonds is 3. The molecule has 2 aromatic rings. The fraction of sp³-hybridized carbons (Fsp3) is 0.235. The summed E-state index contributed by atoms with van der Waals surface area (Å²) in [5, 5.41) is 2.94. The van der Waals surface area contributed by atoms with Crippen molar-refractivity contribution < 1.29 is 9.18 Å². The lowest BCUT2D eigenvalue weighted by Crippen LogP contribution is -2.14. The average molecular weight is 269 g/mol. The van der Waals surface area contributed by atoms with E-state index in [9.17, 15) is 9.18 Å². The summed E-state index contributed by atoms with van der Waals surface area (Å²) in [4.78, 5) is 12.2. The first-order chi connectivity index (χ1) is 9.63. The first-order valence-electron chi connectivity index (χ1n) is 6.76. The zero-order chi connectivity index (χ0) is 14.1. The quantitative estimate of drug-likeness (QED) is 0.900. The number of carbonyl (C=O) groups is 1. The molecule has 2 aromatic carbocycles. The van der Waals surface area contributed by atoms with Crippen molar-refractivity contribution in [2.24, 2.45) is 5.92 Å². The standard InChI is InChI=1S/C17H16FNO/c1-11-3-2-4-14(9-11)19-17(20)16-10-15(16)12-5-7-13(18)8-6-12/h2-9,15-16H,10H2,1H3,(H,19,20). The molecule has 1 amide bonds. The van der Waals surface area contributed by atoms with E-state index >= 15 is 0 Å². The van der Waals surface area contributed by atoms with Gasteiger partial charge in [-0.15, -0.1) is 0 Å². The van der Waals surface area contributed by atoms with E-state index in [-0.39, 0.29) is 23.6 Å². The molecule has 1 saturated carbocycles. The molecule has 1 aliphatic carbocycles. The van der Waals surface area contributed by atoms with Gasteiger partial charge in [0, 0.05) is 11.6 Å². The minimum Gasteiger partial charge on any atom is -0.326 e. The number of hydrogen-bond acceptors (Lipinski definition) is 1. The summed E-state index contributed by atoms with van der Waals surface area (Å²) in [6.07, 6.45) is 0.837. The molecular weight excluding hydrogens is 253 g/mol. The van der Waals surface area contributed by atoms with E-state index in [0.717, 1.165) is 23.2 Å². The second-order valence-electron chi connectivity index (χ2n) is 5.36. The Hall–Kier alpha value is -2.16. The Balaban J connectivity index is 1.64. The summed E-state index contributed by atoms with van der Waals surface area (Å²) < 4.78 is 12.9. The zero-order valence-corrected chi connectivity index (χ0v) is 11.3. The van der Waals surface area contributed by atoms with E-state index in [4.69, 9.17) is 0 Å². The molecule has 102 valence electrons. The van der Waals surface area contributed by atoms with Crippen LogP contribution in [0.5, 0.6) is 0 Å². The van der Waals surface area contributed by atoms with Gasteiger partial charge in [0.25, 0.3) is 0 Å². The Morgan fingerprint density at radius 2 is 1.95 bits per heavy atom. The number of hydrogen-bond donors (Lipinski definition) is 1. The minimum atomic E-state index is -0.241. The van der Waals surface area contributed by atoms with Crippen LogP contribution in [0.4, 0.5) is 10.1 Å². The van der Waals surface area contributed by atoms with Crippen LogP contribution in [0.25, 0.3) is 0 Å². The lowest BCUT2D eigenvalue weighted by Gasteiger charge is -2.06. The van der Waals surface area contributed by atoms with Crippen molar-refractivity contribution in [3.05, 3.63) is 65.5 Å². The van der Waals surface area contributed by atoms with Crippen molar-refractivity contribution in [1.82, 2.24) is 0 Å². The lowest BCUT2D eigenvalue weighted by atomic mass is 10.1. The Morgan fingerprint density at radius 3 is 2.65 bits per heavy atom. The van der Waals surface area contributed by atoms with Crippen molar-refractivity contribution in [3.63, 3.8) is 0 Å². The third-order valence-corrected chi connectivity index (χ3v) is 3.71. The summed E-state index contributed by atoms with van der Waals surface area (Å²) in [7, 11) is 0. The molecule has 1 aliphatic rings. The molecule has 2 atom stereocenters. The monoisotopic (exact) mass is 269 g/mol. The summed E-state index contributed by atoms with van der Waals surface area (Å²) in [6.45, 7) is 1.99. The summed E-state index contributed by atoms with van der Waals surface area (Å²) in [6, 6.07) is 14.2. The molecule has 2 unspecified atom stereocenters. The highest BCUT2D eigenvalue weighted by Gasteiger charge is 2.43. The maximum Gasteiger partial charge on any atom is 0.228 e. The molecule has 3 rings (SSSR count). The number of benzene rings is 2. The van der Waals surface area contributed by atoms with Gasteiger partial charge in [-0.1, -0.05) is 24.3 Å². The molecule has 1 fully saturated rings. The number of amides is 1. The Labute approximate surface area is 117 Å². The Bertz CT molecular complexity index is 636. The van der Waals surface area contributed by atoms with Gasteiger partial charge in [0.1, 0.15) is 5.82 Å². The molecule has 2 nitrogen and oxygen atoms in total. The second-order valence-corrected chi connectivity index (χ2v) is 5.36. The molecule has 0 radical (unpaired) electrons. The van der Waals surface area contributed by atoms with E-state index in [1.807, 2.05) is 31.2 Å². The fourth-order valence-electron chi connectivity index (χ4n) is 2.52. The molecule has 0 aromatic heterocycles. The summed E-state index contributed by atoms with van der Waals surface area (Å²) in [5.41, 5.74) is 2.99. The van der Waals surface area contributed by atoms with E-state index in [1.54, 1.807) is 12.1 Å². The number of anilines is 1. The SMILES string of the molecule is Cc1cccc(NC(=O)C2CC2c2ccc(F)cc2)c1. The highest BCUT2D eigenvalue weighted by molar-refractivity contribution is 5.95. The van der Waals surface area contributed by atoms with Crippen LogP contribution in [0.2, 0.25) is 0 Å². The molecule has 0 aliphatic heterocycles. The summed E-state index contributed by atoms with van der Waals surface area (Å²) >= 11 is 0. The first kappa shape index (κ1) is 12.9. The second kappa shape index (κ2) is 5.08. The smallest absolute Gasteiger partial charge is 0.228 e. The van der Waals surface area contributed by atoms with Crippen molar-refractivity contribution in [2.45, 2.75) is 19.3 Å². The van der Waals surface area contributed by atoms with Gasteiger partial charge in [-0.05, 0) is 54.7 Å². The van der Waals surface area contributed by atoms with Crippen LogP contribution in [-0.4, -0.2) is 5.91 Å². The van der Waals surface area contributed by atoms with Crippen LogP contribution in [0.15, 0.2) is 48.5 Å². The fourth-order valence-corrected chi connectivity index (χ4v) is 2.52. The maximum absolute atomic E-state index is 12.9. The van der Waals surface area contributed by atoms with Gasteiger partial charge in [0.2, 0.25) is 5.91 Å². The molecular formula is C17H16FNO. The van der Waals surface area contributed by atoms with Crippen molar-refractivity contribution in [2.75, 3.05) is 5.32 Å². The van der Waals surface area contributed by atoms with Gasteiger partial charge < -0.3 is 5.32 Å². The maximum atomic E-state index is 12.9. The van der Waals surface area contributed by atoms with Crippen molar-refractivity contribution in [1.29, 1.82) is 0 Å². The van der Waals surface area contributed by atoms with Crippen LogP contribution in [0.1, 0.15) is 23.5 Å². The van der Waals surface area contributed by atoms with Gasteiger partial charge in [0.05, 0.1) is 0 Å². The van der Waals surface area contributed by atoms with Crippen LogP contribution in [0, 0.1) is 18.7 Å². The lowest BCUT2D eigenvalue weighted by molar-refractivity contribution is -0.117. The van der Waals surface area contributed by atoms with Crippen LogP contribution in [0.3, 0.4) is 0 Å². The van der Waals surface area contributed by atoms with E-state index in [0.29, 0.717) is 0 Å². The van der Waals surface area contributed by atoms with Gasteiger partial charge in [-0.3, -0.25) is 4.79 Å². The van der Waals surface area contributed by atoms with E-state index in [2.05, 4.69) is 5.32 Å². The topological polar surface area (TPSA) is 29.1 Å². The van der Waals surface area contributed by atoms with Crippen LogP contribution >= 0.6 is 0 Å². The highest BCUT2D eigenvalue weighted by Crippen LogP contribution is 2.47. The normalized spacial score (nSPS) is 20.5. The Morgan fingerprint density at radius 1 is 1.20 bits per heavy atom. The number of aryl methyl sites for hydroxylation is 1. The van der Waals surface area contributed by atoms with Crippen LogP contribution in [-0.2, 0) is 4.79 Å². The first-order valence-corrected chi connectivity index (χ1v) is 6.76. The summed E-state index contributed by atoms with van der Waals surface area (Å²) in [5.74, 6) is 0.0291. The van der Waals surface area contributed by atoms with E-state index < -0.39 is 0 Å². The molecule has 0 spiro atoms. The van der Waals surface area contributed by atoms with Crippen molar-refractivity contribution in [3.8, 4) is 0 Å². The Kier molecular flexibility index (Phi) is 3.26. The predicted molar refractivity (Wildman–Crippen MR) is 77.1 cm³/mol. The number of nitrogens with one attached hydrogen (secondary N) is 1. The van der Waals surface area contributed by atoms with Crippen molar-refractivity contribution >= 4 is 11.6 Å². The molecule has 1 N–H and O–H groups in total. The molecule has 0 bridgehead atoms. The molecule has 0 heterocycles. The average Bonchev–Trinajstić information content (AvgIpc) is 3.20. The molecule has 0 saturated heterocycles. The third-order valence-electron chi connectivity index (χ3n) is 3.71. The van der Waals surface area contributed by atoms with Gasteiger partial charge in [-0.25, -0.2) is 4.39 Å². The largest absolute Gasteiger partial charge is 0.326 e. The van der Waals surface area contributed by atoms with E-state index in [1.165, 1.54) is 12.1 Å². The predicted octanol–water partition coefficient (Wildman–Crippen LogP) is 3.88. The number of halogens is 1. The minimum absolute atomic E-state index is 0.000901. The molecule has 20 heavy (non-hydrogen) atoms. The zero-order valence-electron chi connectivity index (χ0n) is 11.3. The van der Waals surface area contributed by atoms with Crippen LogP contribution < -0.4 is 5.32 Å². The number of carbonyl (C=O) groups excluding carboxylic acids is 1. The van der Waals surface area contributed by atoms with Gasteiger partial charge in [0.15, 0.2) is 0 Å². The van der Waals surface area contributed by atoms with Gasteiger partial charge >= 0.3 is 0 Å².